The van der Waals surface area contributed by atoms with Gasteiger partial charge in [0.2, 0.25) is 0 Å². The summed E-state index contributed by atoms with van der Waals surface area (Å²) in [6.07, 6.45) is 7.04. The number of methoxy groups -OCH3 is 1. The van der Waals surface area contributed by atoms with Gasteiger partial charge in [0.1, 0.15) is 5.75 Å². The fourth-order valence-electron chi connectivity index (χ4n) is 3.87. The van der Waals surface area contributed by atoms with Crippen LogP contribution in [-0.2, 0) is 6.42 Å². The van der Waals surface area contributed by atoms with Gasteiger partial charge in [-0.1, -0.05) is 17.3 Å². The lowest BCUT2D eigenvalue weighted by molar-refractivity contribution is 0.0946. The summed E-state index contributed by atoms with van der Waals surface area (Å²) in [5.74, 6) is 0.800. The van der Waals surface area contributed by atoms with Gasteiger partial charge in [-0.3, -0.25) is 4.79 Å². The highest BCUT2D eigenvalue weighted by atomic mass is 16.5. The summed E-state index contributed by atoms with van der Waals surface area (Å²) < 4.78 is 7.12. The van der Waals surface area contributed by atoms with Gasteiger partial charge in [0, 0.05) is 25.2 Å². The van der Waals surface area contributed by atoms with E-state index in [0.717, 1.165) is 50.9 Å². The minimum absolute atomic E-state index is 0.0979. The summed E-state index contributed by atoms with van der Waals surface area (Å²) in [5.41, 5.74) is 1.76. The number of rotatable bonds is 7. The largest absolute Gasteiger partial charge is 0.497 e. The molecule has 2 fully saturated rings. The zero-order chi connectivity index (χ0) is 19.5. The van der Waals surface area contributed by atoms with E-state index in [9.17, 15) is 4.79 Å². The summed E-state index contributed by atoms with van der Waals surface area (Å²) in [5, 5.41) is 11.3. The Morgan fingerprint density at radius 1 is 1.21 bits per heavy atom. The molecule has 4 rings (SSSR count). The highest BCUT2D eigenvalue weighted by Crippen LogP contribution is 2.25. The SMILES string of the molecule is COc1ccc(CC(C)N2CCC(n3cc(C(=O)NC4CC4)nn3)CC2)cc1. The second-order valence-corrected chi connectivity index (χ2v) is 8.00. The van der Waals surface area contributed by atoms with E-state index < -0.39 is 0 Å². The van der Waals surface area contributed by atoms with Gasteiger partial charge in [0.15, 0.2) is 5.69 Å². The number of amides is 1. The molecule has 150 valence electrons. The van der Waals surface area contributed by atoms with Gasteiger partial charge in [0.25, 0.3) is 5.91 Å². The number of hydrogen-bond donors (Lipinski definition) is 1. The zero-order valence-electron chi connectivity index (χ0n) is 16.7. The number of aromatic nitrogens is 3. The van der Waals surface area contributed by atoms with Crippen LogP contribution in [-0.4, -0.2) is 58.1 Å². The van der Waals surface area contributed by atoms with E-state index in [1.54, 1.807) is 13.3 Å². The first-order valence-electron chi connectivity index (χ1n) is 10.2. The van der Waals surface area contributed by atoms with Crippen LogP contribution in [0.4, 0.5) is 0 Å². The number of ether oxygens (including phenoxy) is 1. The van der Waals surface area contributed by atoms with Crippen molar-refractivity contribution in [2.75, 3.05) is 20.2 Å². The predicted molar refractivity (Wildman–Crippen MR) is 107 cm³/mol. The number of piperidine rings is 1. The van der Waals surface area contributed by atoms with E-state index >= 15 is 0 Å². The zero-order valence-corrected chi connectivity index (χ0v) is 16.7. The lowest BCUT2D eigenvalue weighted by Gasteiger charge is -2.36. The molecule has 1 saturated heterocycles. The fourth-order valence-corrected chi connectivity index (χ4v) is 3.87. The van der Waals surface area contributed by atoms with Gasteiger partial charge < -0.3 is 15.0 Å². The van der Waals surface area contributed by atoms with Crippen LogP contribution in [0.1, 0.15) is 54.7 Å². The maximum atomic E-state index is 12.1. The topological polar surface area (TPSA) is 72.3 Å². The average Bonchev–Trinajstić information content (AvgIpc) is 3.40. The van der Waals surface area contributed by atoms with E-state index in [1.165, 1.54) is 5.56 Å². The third-order valence-electron chi connectivity index (χ3n) is 5.84. The molecule has 28 heavy (non-hydrogen) atoms. The molecule has 1 aliphatic carbocycles. The number of benzene rings is 1. The molecule has 2 aromatic rings. The molecule has 0 radical (unpaired) electrons. The summed E-state index contributed by atoms with van der Waals surface area (Å²) in [7, 11) is 1.69. The molecular weight excluding hydrogens is 354 g/mol. The first kappa shape index (κ1) is 18.9. The van der Waals surface area contributed by atoms with Crippen molar-refractivity contribution in [3.63, 3.8) is 0 Å². The van der Waals surface area contributed by atoms with Crippen LogP contribution in [0.3, 0.4) is 0 Å². The minimum Gasteiger partial charge on any atom is -0.497 e. The summed E-state index contributed by atoms with van der Waals surface area (Å²) in [6.45, 7) is 4.36. The van der Waals surface area contributed by atoms with Gasteiger partial charge >= 0.3 is 0 Å². The molecule has 2 heterocycles. The summed E-state index contributed by atoms with van der Waals surface area (Å²) in [6, 6.07) is 9.49. The van der Waals surface area contributed by atoms with Crippen molar-refractivity contribution in [1.82, 2.24) is 25.2 Å². The van der Waals surface area contributed by atoms with Crippen LogP contribution in [0.2, 0.25) is 0 Å². The molecule has 0 spiro atoms. The number of carbonyl (C=O) groups is 1. The van der Waals surface area contributed by atoms with Crippen LogP contribution >= 0.6 is 0 Å². The third-order valence-corrected chi connectivity index (χ3v) is 5.84. The third kappa shape index (κ3) is 4.52. The average molecular weight is 383 g/mol. The Kier molecular flexibility index (Phi) is 5.62. The predicted octanol–water partition coefficient (Wildman–Crippen LogP) is 2.45. The number of likely N-dealkylation sites (tertiary alicyclic amines) is 1. The van der Waals surface area contributed by atoms with E-state index in [1.807, 2.05) is 16.8 Å². The van der Waals surface area contributed by atoms with Crippen LogP contribution in [0.15, 0.2) is 30.5 Å². The standard InChI is InChI=1S/C21H29N5O2/c1-15(13-16-3-7-19(28-2)8-4-16)25-11-9-18(10-12-25)26-14-20(23-24-26)21(27)22-17-5-6-17/h3-4,7-8,14-15,17-18H,5-6,9-13H2,1-2H3,(H,22,27). The lowest BCUT2D eigenvalue weighted by atomic mass is 10.00. The quantitative estimate of drug-likeness (QED) is 0.795. The Bertz CT molecular complexity index is 791. The number of hydrogen-bond acceptors (Lipinski definition) is 5. The highest BCUT2D eigenvalue weighted by Gasteiger charge is 2.27. The van der Waals surface area contributed by atoms with Crippen LogP contribution < -0.4 is 10.1 Å². The molecule has 1 saturated carbocycles. The number of nitrogens with one attached hydrogen (secondary N) is 1. The number of carbonyl (C=O) groups excluding carboxylic acids is 1. The van der Waals surface area contributed by atoms with Crippen molar-refractivity contribution < 1.29 is 9.53 Å². The number of nitrogens with zero attached hydrogens (tertiary/aromatic N) is 4. The van der Waals surface area contributed by atoms with E-state index in [0.29, 0.717) is 23.8 Å². The summed E-state index contributed by atoms with van der Waals surface area (Å²) >= 11 is 0. The van der Waals surface area contributed by atoms with Gasteiger partial charge in [-0.05, 0) is 56.7 Å². The van der Waals surface area contributed by atoms with Gasteiger partial charge in [-0.2, -0.15) is 0 Å². The van der Waals surface area contributed by atoms with Gasteiger partial charge in [0.05, 0.1) is 19.3 Å². The molecule has 1 aliphatic heterocycles. The molecule has 7 heteroatoms. The van der Waals surface area contributed by atoms with Crippen molar-refractivity contribution in [2.45, 2.75) is 57.2 Å². The van der Waals surface area contributed by atoms with Gasteiger partial charge in [-0.25, -0.2) is 4.68 Å². The fraction of sp³-hybridized carbons (Fsp3) is 0.571. The second-order valence-electron chi connectivity index (χ2n) is 8.00. The molecule has 2 aliphatic rings. The van der Waals surface area contributed by atoms with Crippen molar-refractivity contribution in [3.05, 3.63) is 41.7 Å². The first-order valence-corrected chi connectivity index (χ1v) is 10.2. The maximum absolute atomic E-state index is 12.1. The molecule has 7 nitrogen and oxygen atoms in total. The van der Waals surface area contributed by atoms with E-state index in [4.69, 9.17) is 4.74 Å². The molecule has 1 aromatic heterocycles. The second kappa shape index (κ2) is 8.31. The smallest absolute Gasteiger partial charge is 0.273 e. The molecule has 1 atom stereocenters. The Labute approximate surface area is 166 Å². The Morgan fingerprint density at radius 3 is 2.57 bits per heavy atom. The molecule has 1 N–H and O–H groups in total. The van der Waals surface area contributed by atoms with Crippen molar-refractivity contribution in [2.24, 2.45) is 0 Å². The van der Waals surface area contributed by atoms with Gasteiger partial charge in [-0.15, -0.1) is 5.10 Å². The molecule has 0 bridgehead atoms. The molecule has 1 aromatic carbocycles. The van der Waals surface area contributed by atoms with Crippen molar-refractivity contribution in [3.8, 4) is 5.75 Å². The molecular formula is C21H29N5O2. The monoisotopic (exact) mass is 383 g/mol. The van der Waals surface area contributed by atoms with Crippen molar-refractivity contribution in [1.29, 1.82) is 0 Å². The highest BCUT2D eigenvalue weighted by molar-refractivity contribution is 5.92. The van der Waals surface area contributed by atoms with Crippen LogP contribution in [0.25, 0.3) is 0 Å². The molecule has 1 amide bonds. The Morgan fingerprint density at radius 2 is 1.93 bits per heavy atom. The van der Waals surface area contributed by atoms with Crippen LogP contribution in [0, 0.1) is 0 Å². The maximum Gasteiger partial charge on any atom is 0.273 e. The van der Waals surface area contributed by atoms with E-state index in [2.05, 4.69) is 39.6 Å². The van der Waals surface area contributed by atoms with Crippen molar-refractivity contribution >= 4 is 5.91 Å². The van der Waals surface area contributed by atoms with E-state index in [-0.39, 0.29) is 5.91 Å². The van der Waals surface area contributed by atoms with Crippen LogP contribution in [0.5, 0.6) is 5.75 Å². The first-order chi connectivity index (χ1) is 13.6. The Hall–Kier alpha value is -2.41. The minimum atomic E-state index is -0.0979. The normalized spacial score (nSPS) is 19.4. The summed E-state index contributed by atoms with van der Waals surface area (Å²) in [4.78, 5) is 14.6. The Balaban J connectivity index is 1.27. The lowest BCUT2D eigenvalue weighted by Crippen LogP contribution is -2.41. The molecule has 1 unspecified atom stereocenters.